The molecule has 4 N–H and O–H groups in total. The van der Waals surface area contributed by atoms with Crippen LogP contribution in [0.15, 0.2) is 72.8 Å². The molecule has 2 saturated heterocycles. The third-order valence-corrected chi connectivity index (χ3v) is 8.63. The molecule has 0 saturated carbocycles. The predicted molar refractivity (Wildman–Crippen MR) is 185 cm³/mol. The zero-order valence-electron chi connectivity index (χ0n) is 28.7. The molecule has 48 heavy (non-hydrogen) atoms. The standard InChI is InChI=1S/C38H52N2O8/c1-5-37(3,47-33-14-9-13-32(18-33)44-25-36-26-46-36)19-27(39)21-41-29-10-7-11-30(16-29)42-22-28(40)23-43-31-12-8-15-34(17-31)48-38(4,6-2)20-35-24-45-35/h7-18,27-28,35-36H,5-6,19-26,39-40H2,1-4H3. The van der Waals surface area contributed by atoms with Gasteiger partial charge in [0.25, 0.3) is 0 Å². The summed E-state index contributed by atoms with van der Waals surface area (Å²) in [7, 11) is 0. The molecule has 6 unspecified atom stereocenters. The van der Waals surface area contributed by atoms with Crippen molar-refractivity contribution in [3.63, 3.8) is 0 Å². The lowest BCUT2D eigenvalue weighted by Gasteiger charge is -2.32. The van der Waals surface area contributed by atoms with Gasteiger partial charge >= 0.3 is 0 Å². The van der Waals surface area contributed by atoms with Crippen LogP contribution < -0.4 is 39.9 Å². The first-order valence-corrected chi connectivity index (χ1v) is 17.1. The maximum Gasteiger partial charge on any atom is 0.123 e. The van der Waals surface area contributed by atoms with Crippen LogP contribution in [-0.2, 0) is 9.47 Å². The molecule has 6 atom stereocenters. The minimum absolute atomic E-state index is 0.198. The summed E-state index contributed by atoms with van der Waals surface area (Å²) < 4.78 is 47.2. The van der Waals surface area contributed by atoms with E-state index >= 15 is 0 Å². The first-order valence-electron chi connectivity index (χ1n) is 17.1. The van der Waals surface area contributed by atoms with E-state index in [1.807, 2.05) is 72.8 Å². The highest BCUT2D eigenvalue weighted by Crippen LogP contribution is 2.32. The molecule has 10 nitrogen and oxygen atoms in total. The second-order valence-electron chi connectivity index (χ2n) is 13.3. The molecule has 0 aliphatic carbocycles. The average Bonchev–Trinajstić information content (AvgIpc) is 4.02. The molecule has 3 aromatic carbocycles. The summed E-state index contributed by atoms with van der Waals surface area (Å²) in [5, 5.41) is 0. The monoisotopic (exact) mass is 664 g/mol. The highest BCUT2D eigenvalue weighted by atomic mass is 16.6. The normalized spacial score (nSPS) is 20.4. The molecule has 5 rings (SSSR count). The molecule has 0 radical (unpaired) electrons. The molecule has 3 aromatic rings. The molecule has 10 heteroatoms. The Kier molecular flexibility index (Phi) is 12.3. The summed E-state index contributed by atoms with van der Waals surface area (Å²) in [5.41, 5.74) is 12.1. The fourth-order valence-electron chi connectivity index (χ4n) is 5.29. The van der Waals surface area contributed by atoms with Crippen molar-refractivity contribution >= 4 is 0 Å². The van der Waals surface area contributed by atoms with Gasteiger partial charge < -0.3 is 49.4 Å². The third-order valence-electron chi connectivity index (χ3n) is 8.63. The number of hydrogen-bond acceptors (Lipinski definition) is 10. The van der Waals surface area contributed by atoms with Crippen LogP contribution in [0.25, 0.3) is 0 Å². The lowest BCUT2D eigenvalue weighted by Crippen LogP contribution is -2.41. The van der Waals surface area contributed by atoms with Crippen molar-refractivity contribution in [2.24, 2.45) is 11.5 Å². The van der Waals surface area contributed by atoms with Gasteiger partial charge in [0.15, 0.2) is 0 Å². The van der Waals surface area contributed by atoms with Crippen LogP contribution in [0.4, 0.5) is 0 Å². The van der Waals surface area contributed by atoms with Gasteiger partial charge in [0, 0.05) is 37.1 Å². The molecule has 0 amide bonds. The van der Waals surface area contributed by atoms with E-state index in [2.05, 4.69) is 27.7 Å². The number of epoxide rings is 2. The summed E-state index contributed by atoms with van der Waals surface area (Å²) in [5.74, 6) is 4.29. The Hall–Kier alpha value is -3.70. The van der Waals surface area contributed by atoms with Crippen LogP contribution >= 0.6 is 0 Å². The molecule has 0 spiro atoms. The van der Waals surface area contributed by atoms with E-state index in [4.69, 9.17) is 49.4 Å². The molecule has 0 bridgehead atoms. The van der Waals surface area contributed by atoms with Crippen LogP contribution in [0, 0.1) is 0 Å². The second kappa shape index (κ2) is 16.6. The highest BCUT2D eigenvalue weighted by molar-refractivity contribution is 5.35. The predicted octanol–water partition coefficient (Wildman–Crippen LogP) is 5.93. The van der Waals surface area contributed by atoms with E-state index in [0.717, 1.165) is 49.7 Å². The topological polar surface area (TPSA) is 132 Å². The maximum atomic E-state index is 6.52. The van der Waals surface area contributed by atoms with Crippen LogP contribution in [-0.4, -0.2) is 75.1 Å². The lowest BCUT2D eigenvalue weighted by molar-refractivity contribution is 0.0607. The quantitative estimate of drug-likeness (QED) is 0.125. The van der Waals surface area contributed by atoms with Crippen molar-refractivity contribution in [1.82, 2.24) is 0 Å². The summed E-state index contributed by atoms with van der Waals surface area (Å²) in [6.07, 6.45) is 3.63. The number of benzene rings is 3. The van der Waals surface area contributed by atoms with Crippen LogP contribution in [0.2, 0.25) is 0 Å². The van der Waals surface area contributed by atoms with E-state index in [1.54, 1.807) is 0 Å². The molecular formula is C38H52N2O8. The van der Waals surface area contributed by atoms with Gasteiger partial charge in [-0.1, -0.05) is 32.0 Å². The third kappa shape index (κ3) is 11.8. The van der Waals surface area contributed by atoms with Gasteiger partial charge in [0.1, 0.15) is 78.2 Å². The number of hydrogen-bond donors (Lipinski definition) is 2. The largest absolute Gasteiger partial charge is 0.492 e. The molecule has 0 aromatic heterocycles. The minimum Gasteiger partial charge on any atom is -0.492 e. The first-order chi connectivity index (χ1) is 23.1. The maximum absolute atomic E-state index is 6.52. The average molecular weight is 665 g/mol. The fourth-order valence-corrected chi connectivity index (χ4v) is 5.29. The number of rotatable bonds is 22. The molecule has 2 heterocycles. The molecule has 2 aliphatic rings. The first kappa shape index (κ1) is 35.6. The molecule has 2 fully saturated rings. The van der Waals surface area contributed by atoms with Crippen molar-refractivity contribution in [2.75, 3.05) is 39.6 Å². The summed E-state index contributed by atoms with van der Waals surface area (Å²) in [6, 6.07) is 22.2. The number of nitrogens with two attached hydrogens (primary N) is 2. The van der Waals surface area contributed by atoms with Gasteiger partial charge in [0.05, 0.1) is 25.4 Å². The van der Waals surface area contributed by atoms with Crippen LogP contribution in [0.5, 0.6) is 34.5 Å². The molecule has 2 aliphatic heterocycles. The van der Waals surface area contributed by atoms with E-state index in [-0.39, 0.29) is 30.4 Å². The Morgan fingerprint density at radius 1 is 0.625 bits per heavy atom. The van der Waals surface area contributed by atoms with Crippen molar-refractivity contribution < 1.29 is 37.9 Å². The van der Waals surface area contributed by atoms with Crippen LogP contribution in [0.1, 0.15) is 53.4 Å². The fraction of sp³-hybridized carbons (Fsp3) is 0.526. The summed E-state index contributed by atoms with van der Waals surface area (Å²) in [6.45, 7) is 11.4. The Balaban J connectivity index is 1.03. The van der Waals surface area contributed by atoms with Gasteiger partial charge in [-0.15, -0.1) is 0 Å². The Morgan fingerprint density at radius 2 is 1.04 bits per heavy atom. The van der Waals surface area contributed by atoms with Crippen LogP contribution in [0.3, 0.4) is 0 Å². The van der Waals surface area contributed by atoms with Gasteiger partial charge in [-0.25, -0.2) is 0 Å². The summed E-state index contributed by atoms with van der Waals surface area (Å²) in [4.78, 5) is 0. The highest BCUT2D eigenvalue weighted by Gasteiger charge is 2.35. The Labute approximate surface area is 284 Å². The van der Waals surface area contributed by atoms with Gasteiger partial charge in [-0.2, -0.15) is 0 Å². The van der Waals surface area contributed by atoms with Crippen molar-refractivity contribution in [3.8, 4) is 34.5 Å². The molecule has 262 valence electrons. The van der Waals surface area contributed by atoms with Gasteiger partial charge in [-0.05, 0) is 63.1 Å². The van der Waals surface area contributed by atoms with Gasteiger partial charge in [-0.3, -0.25) is 0 Å². The van der Waals surface area contributed by atoms with E-state index in [1.165, 1.54) is 0 Å². The van der Waals surface area contributed by atoms with Crippen molar-refractivity contribution in [3.05, 3.63) is 72.8 Å². The molecular weight excluding hydrogens is 612 g/mol. The second-order valence-corrected chi connectivity index (χ2v) is 13.3. The number of ether oxygens (including phenoxy) is 8. The van der Waals surface area contributed by atoms with E-state index in [9.17, 15) is 0 Å². The van der Waals surface area contributed by atoms with Gasteiger partial charge in [0.2, 0.25) is 0 Å². The van der Waals surface area contributed by atoms with E-state index in [0.29, 0.717) is 49.6 Å². The van der Waals surface area contributed by atoms with Crippen molar-refractivity contribution in [1.29, 1.82) is 0 Å². The SMILES string of the molecule is CCC(C)(CC(N)COc1cccc(OCC(N)COc2cccc(OC(C)(CC)CC3CO3)c2)c1)Oc1cccc(OCC2CO2)c1. The lowest BCUT2D eigenvalue weighted by atomic mass is 9.94. The Bertz CT molecular complexity index is 1430. The zero-order chi connectivity index (χ0) is 34.0. The summed E-state index contributed by atoms with van der Waals surface area (Å²) >= 11 is 0. The van der Waals surface area contributed by atoms with Crippen molar-refractivity contribution in [2.45, 2.75) is 88.9 Å². The zero-order valence-corrected chi connectivity index (χ0v) is 28.7. The minimum atomic E-state index is -0.472. The smallest absolute Gasteiger partial charge is 0.123 e. The Morgan fingerprint density at radius 3 is 1.52 bits per heavy atom. The van der Waals surface area contributed by atoms with E-state index < -0.39 is 5.60 Å².